The molecular formula is C12H11F2N3O4. The van der Waals surface area contributed by atoms with Crippen LogP contribution in [0.1, 0.15) is 0 Å². The number of imide groups is 1. The Hall–Kier alpha value is -2.58. The number of rotatable bonds is 3. The molecule has 1 fully saturated rings. The van der Waals surface area contributed by atoms with Gasteiger partial charge in [-0.3, -0.25) is 24.6 Å². The van der Waals surface area contributed by atoms with E-state index in [9.17, 15) is 28.5 Å². The monoisotopic (exact) mass is 299 g/mol. The van der Waals surface area contributed by atoms with Crippen LogP contribution in [0.2, 0.25) is 0 Å². The minimum atomic E-state index is -1.27. The predicted molar refractivity (Wildman–Crippen MR) is 68.0 cm³/mol. The fourth-order valence-electron chi connectivity index (χ4n) is 2.08. The molecule has 0 unspecified atom stereocenters. The molecule has 0 bridgehead atoms. The van der Waals surface area contributed by atoms with E-state index in [2.05, 4.69) is 0 Å². The maximum absolute atomic E-state index is 13.8. The number of nitro benzene ring substituents is 1. The Balaban J connectivity index is 2.16. The highest BCUT2D eigenvalue weighted by atomic mass is 19.1. The normalized spacial score (nSPS) is 15.2. The molecule has 0 N–H and O–H groups in total. The number of anilines is 1. The number of non-ortho nitro benzene ring substituents is 1. The largest absolute Gasteiger partial charge is 0.358 e. The van der Waals surface area contributed by atoms with Crippen molar-refractivity contribution in [3.05, 3.63) is 34.1 Å². The lowest BCUT2D eigenvalue weighted by atomic mass is 10.2. The number of nitro groups is 1. The van der Waals surface area contributed by atoms with Gasteiger partial charge in [0.2, 0.25) is 5.91 Å². The van der Waals surface area contributed by atoms with Crippen LogP contribution in [0.15, 0.2) is 18.2 Å². The van der Waals surface area contributed by atoms with Crippen molar-refractivity contribution in [3.63, 3.8) is 0 Å². The zero-order valence-corrected chi connectivity index (χ0v) is 10.8. The highest BCUT2D eigenvalue weighted by Gasteiger charge is 2.29. The second-order valence-corrected chi connectivity index (χ2v) is 4.39. The topological polar surface area (TPSA) is 83.8 Å². The van der Waals surface area contributed by atoms with Crippen molar-refractivity contribution in [2.45, 2.75) is 0 Å². The first-order valence-corrected chi connectivity index (χ1v) is 6.02. The van der Waals surface area contributed by atoms with Crippen molar-refractivity contribution in [1.82, 2.24) is 4.90 Å². The Morgan fingerprint density at radius 3 is 2.62 bits per heavy atom. The van der Waals surface area contributed by atoms with Gasteiger partial charge in [-0.25, -0.2) is 8.78 Å². The number of alkyl halides is 1. The summed E-state index contributed by atoms with van der Waals surface area (Å²) in [4.78, 5) is 34.8. The quantitative estimate of drug-likeness (QED) is 0.611. The van der Waals surface area contributed by atoms with Crippen LogP contribution in [0.25, 0.3) is 0 Å². The standard InChI is InChI=1S/C12H11F2N3O4/c13-6-11(18)16-4-3-15(7-12(16)19)10-2-1-8(17(20)21)5-9(10)14/h1-2,5H,3-4,6-7H2. The van der Waals surface area contributed by atoms with E-state index >= 15 is 0 Å². The molecule has 112 valence electrons. The van der Waals surface area contributed by atoms with E-state index in [-0.39, 0.29) is 25.3 Å². The van der Waals surface area contributed by atoms with Crippen molar-refractivity contribution in [2.75, 3.05) is 31.2 Å². The summed E-state index contributed by atoms with van der Waals surface area (Å²) in [5.41, 5.74) is -0.366. The van der Waals surface area contributed by atoms with Crippen LogP contribution in [-0.4, -0.2) is 47.9 Å². The van der Waals surface area contributed by atoms with Gasteiger partial charge in [-0.2, -0.15) is 0 Å². The van der Waals surface area contributed by atoms with Gasteiger partial charge in [0.05, 0.1) is 23.2 Å². The molecule has 2 rings (SSSR count). The van der Waals surface area contributed by atoms with E-state index in [4.69, 9.17) is 0 Å². The van der Waals surface area contributed by atoms with Crippen molar-refractivity contribution >= 4 is 23.2 Å². The number of benzene rings is 1. The number of hydrogen-bond donors (Lipinski definition) is 0. The van der Waals surface area contributed by atoms with Crippen LogP contribution in [0.4, 0.5) is 20.2 Å². The Labute approximate surface area is 117 Å². The maximum Gasteiger partial charge on any atom is 0.272 e. The van der Waals surface area contributed by atoms with E-state index in [1.54, 1.807) is 0 Å². The first-order valence-electron chi connectivity index (χ1n) is 6.02. The lowest BCUT2D eigenvalue weighted by Gasteiger charge is -2.34. The summed E-state index contributed by atoms with van der Waals surface area (Å²) in [5, 5.41) is 10.5. The molecule has 1 saturated heterocycles. The molecule has 0 aliphatic carbocycles. The smallest absolute Gasteiger partial charge is 0.272 e. The first kappa shape index (κ1) is 14.8. The van der Waals surface area contributed by atoms with E-state index < -0.39 is 34.9 Å². The molecule has 1 aromatic rings. The minimum Gasteiger partial charge on any atom is -0.358 e. The van der Waals surface area contributed by atoms with Gasteiger partial charge in [0.1, 0.15) is 0 Å². The molecule has 0 radical (unpaired) electrons. The van der Waals surface area contributed by atoms with Crippen LogP contribution in [0.3, 0.4) is 0 Å². The Bertz CT molecular complexity index is 608. The van der Waals surface area contributed by atoms with Gasteiger partial charge < -0.3 is 4.90 Å². The third-order valence-corrected chi connectivity index (χ3v) is 3.12. The van der Waals surface area contributed by atoms with E-state index in [1.165, 1.54) is 11.0 Å². The lowest BCUT2D eigenvalue weighted by Crippen LogP contribution is -2.53. The van der Waals surface area contributed by atoms with E-state index in [0.29, 0.717) is 0 Å². The number of halogens is 2. The van der Waals surface area contributed by atoms with E-state index in [1.807, 2.05) is 0 Å². The van der Waals surface area contributed by atoms with Crippen LogP contribution in [0, 0.1) is 15.9 Å². The summed E-state index contributed by atoms with van der Waals surface area (Å²) in [7, 11) is 0. The summed E-state index contributed by atoms with van der Waals surface area (Å²) in [6.45, 7) is -1.48. The van der Waals surface area contributed by atoms with Gasteiger partial charge in [-0.05, 0) is 6.07 Å². The summed E-state index contributed by atoms with van der Waals surface area (Å²) in [6, 6.07) is 3.09. The highest BCUT2D eigenvalue weighted by Crippen LogP contribution is 2.25. The van der Waals surface area contributed by atoms with Crippen LogP contribution >= 0.6 is 0 Å². The van der Waals surface area contributed by atoms with E-state index in [0.717, 1.165) is 17.0 Å². The van der Waals surface area contributed by atoms with Gasteiger partial charge in [0.15, 0.2) is 12.5 Å². The fourth-order valence-corrected chi connectivity index (χ4v) is 2.08. The SMILES string of the molecule is O=C(CF)N1CCN(c2ccc([N+](=O)[O-])cc2F)CC1=O. The molecule has 7 nitrogen and oxygen atoms in total. The van der Waals surface area contributed by atoms with Crippen LogP contribution in [-0.2, 0) is 9.59 Å². The third-order valence-electron chi connectivity index (χ3n) is 3.12. The number of nitrogens with zero attached hydrogens (tertiary/aromatic N) is 3. The summed E-state index contributed by atoms with van der Waals surface area (Å²) < 4.78 is 26.1. The second-order valence-electron chi connectivity index (χ2n) is 4.39. The summed E-state index contributed by atoms with van der Waals surface area (Å²) in [6.07, 6.45) is 0. The fraction of sp³-hybridized carbons (Fsp3) is 0.333. The molecule has 9 heteroatoms. The number of amides is 2. The molecule has 1 aromatic carbocycles. The highest BCUT2D eigenvalue weighted by molar-refractivity contribution is 5.98. The summed E-state index contributed by atoms with van der Waals surface area (Å²) >= 11 is 0. The molecular weight excluding hydrogens is 288 g/mol. The Morgan fingerprint density at radius 2 is 2.10 bits per heavy atom. The van der Waals surface area contributed by atoms with Crippen molar-refractivity contribution < 1.29 is 23.3 Å². The van der Waals surface area contributed by atoms with Crippen molar-refractivity contribution in [3.8, 4) is 0 Å². The molecule has 0 aromatic heterocycles. The number of carbonyl (C=O) groups is 2. The number of carbonyl (C=O) groups excluding carboxylic acids is 2. The molecule has 0 saturated carbocycles. The number of hydrogen-bond acceptors (Lipinski definition) is 5. The van der Waals surface area contributed by atoms with Gasteiger partial charge in [-0.1, -0.05) is 0 Å². The first-order chi connectivity index (χ1) is 9.93. The molecule has 21 heavy (non-hydrogen) atoms. The molecule has 0 atom stereocenters. The van der Waals surface area contributed by atoms with Gasteiger partial charge in [0.25, 0.3) is 11.6 Å². The van der Waals surface area contributed by atoms with Gasteiger partial charge in [0, 0.05) is 19.2 Å². The van der Waals surface area contributed by atoms with Crippen LogP contribution in [0.5, 0.6) is 0 Å². The molecule has 1 aliphatic heterocycles. The minimum absolute atomic E-state index is 0.0290. The predicted octanol–water partition coefficient (Wildman–Crippen LogP) is 0.879. The molecule has 0 spiro atoms. The maximum atomic E-state index is 13.8. The van der Waals surface area contributed by atoms with Crippen molar-refractivity contribution in [1.29, 1.82) is 0 Å². The number of piperazine rings is 1. The second kappa shape index (κ2) is 5.81. The Kier molecular flexibility index (Phi) is 4.10. The average Bonchev–Trinajstić information content (AvgIpc) is 2.46. The van der Waals surface area contributed by atoms with Crippen molar-refractivity contribution in [2.24, 2.45) is 0 Å². The van der Waals surface area contributed by atoms with Crippen LogP contribution < -0.4 is 4.90 Å². The van der Waals surface area contributed by atoms with Gasteiger partial charge in [-0.15, -0.1) is 0 Å². The third kappa shape index (κ3) is 2.96. The molecule has 1 heterocycles. The zero-order valence-electron chi connectivity index (χ0n) is 10.8. The summed E-state index contributed by atoms with van der Waals surface area (Å²) in [5.74, 6) is -2.40. The molecule has 1 aliphatic rings. The van der Waals surface area contributed by atoms with Gasteiger partial charge >= 0.3 is 0 Å². The Morgan fingerprint density at radius 1 is 1.38 bits per heavy atom. The zero-order chi connectivity index (χ0) is 15.6. The molecule has 2 amide bonds. The average molecular weight is 299 g/mol. The lowest BCUT2D eigenvalue weighted by molar-refractivity contribution is -0.385.